The summed E-state index contributed by atoms with van der Waals surface area (Å²) in [6.07, 6.45) is 2.41. The third kappa shape index (κ3) is 4.91. The summed E-state index contributed by atoms with van der Waals surface area (Å²) in [5.74, 6) is 1.29. The normalized spacial score (nSPS) is 14.8. The predicted molar refractivity (Wildman–Crippen MR) is 144 cm³/mol. The highest BCUT2D eigenvalue weighted by molar-refractivity contribution is 6.02. The molecule has 5 rings (SSSR count). The van der Waals surface area contributed by atoms with E-state index in [9.17, 15) is 14.7 Å². The van der Waals surface area contributed by atoms with Crippen LogP contribution in [-0.4, -0.2) is 48.3 Å². The summed E-state index contributed by atoms with van der Waals surface area (Å²) >= 11 is 0. The molecule has 0 bridgehead atoms. The highest BCUT2D eigenvalue weighted by Gasteiger charge is 2.51. The molecule has 2 amide bonds. The van der Waals surface area contributed by atoms with Gasteiger partial charge in [-0.3, -0.25) is 9.59 Å². The van der Waals surface area contributed by atoms with Gasteiger partial charge in [0.15, 0.2) is 11.5 Å². The summed E-state index contributed by atoms with van der Waals surface area (Å²) in [5, 5.41) is 12.4. The molecule has 7 heteroatoms. The topological polar surface area (TPSA) is 88.1 Å². The molecule has 194 valence electrons. The fraction of sp³-hybridized carbons (Fsp3) is 0.333. The van der Waals surface area contributed by atoms with Crippen LogP contribution in [0, 0.1) is 6.92 Å². The van der Waals surface area contributed by atoms with Gasteiger partial charge in [-0.1, -0.05) is 31.2 Å². The Morgan fingerprint density at radius 2 is 1.76 bits per heavy atom. The molecule has 1 fully saturated rings. The zero-order valence-electron chi connectivity index (χ0n) is 21.3. The molecule has 7 nitrogen and oxygen atoms in total. The summed E-state index contributed by atoms with van der Waals surface area (Å²) in [5.41, 5.74) is 4.74. The molecule has 0 atom stereocenters. The molecular formula is C30H34N2O5. The van der Waals surface area contributed by atoms with Gasteiger partial charge in [0.1, 0.15) is 0 Å². The molecule has 1 aliphatic carbocycles. The molecule has 2 N–H and O–H groups in total. The molecule has 3 aromatic rings. The number of rotatable bonds is 9. The Balaban J connectivity index is 0.00000336. The van der Waals surface area contributed by atoms with Crippen LogP contribution < -0.4 is 14.8 Å². The van der Waals surface area contributed by atoms with Gasteiger partial charge in [-0.05, 0) is 84.8 Å². The summed E-state index contributed by atoms with van der Waals surface area (Å²) < 4.78 is 10.9. The predicted octanol–water partition coefficient (Wildman–Crippen LogP) is 5.15. The number of benzene rings is 3. The lowest BCUT2D eigenvalue weighted by atomic mass is 9.94. The number of ether oxygens (including phenoxy) is 2. The van der Waals surface area contributed by atoms with E-state index in [0.717, 1.165) is 47.2 Å². The first kappa shape index (κ1) is 24.8. The number of amides is 2. The van der Waals surface area contributed by atoms with Crippen molar-refractivity contribution in [3.05, 3.63) is 77.4 Å². The van der Waals surface area contributed by atoms with E-state index in [1.807, 2.05) is 74.5 Å². The SMILES string of the molecule is CCCN(CCO)C(=O)c1ccc(-c2cc(NC(=O)C3(c4ccc5c(c4)OCO5)CC3)ccc2C)cc1.[HH]. The average molecular weight is 503 g/mol. The van der Waals surface area contributed by atoms with Crippen LogP contribution in [-0.2, 0) is 10.2 Å². The number of aliphatic hydroxyl groups excluding tert-OH is 1. The lowest BCUT2D eigenvalue weighted by Crippen LogP contribution is -2.34. The number of hydrogen-bond acceptors (Lipinski definition) is 5. The van der Waals surface area contributed by atoms with Gasteiger partial charge in [-0.2, -0.15) is 0 Å². The maximum absolute atomic E-state index is 13.4. The highest BCUT2D eigenvalue weighted by atomic mass is 16.7. The Morgan fingerprint density at radius 1 is 1.00 bits per heavy atom. The van der Waals surface area contributed by atoms with E-state index in [-0.39, 0.29) is 26.6 Å². The molecule has 0 unspecified atom stereocenters. The standard InChI is InChI=1S/C30H32N2O5.H2/c1-3-14-32(15-16-33)28(34)22-7-5-21(6-8-22)25-18-24(10-4-20(25)2)31-29(35)30(12-13-30)23-9-11-26-27(17-23)37-19-36-26;/h4-11,17-18,33H,3,12-16,19H2,1-2H3,(H,31,35);1H. The van der Waals surface area contributed by atoms with Crippen molar-refractivity contribution in [3.63, 3.8) is 0 Å². The van der Waals surface area contributed by atoms with Crippen LogP contribution in [0.5, 0.6) is 11.5 Å². The molecule has 0 saturated heterocycles. The zero-order valence-corrected chi connectivity index (χ0v) is 21.3. The van der Waals surface area contributed by atoms with E-state index >= 15 is 0 Å². The number of nitrogens with one attached hydrogen (secondary N) is 1. The Hall–Kier alpha value is -3.84. The molecule has 2 aliphatic rings. The first-order chi connectivity index (χ1) is 17.9. The van der Waals surface area contributed by atoms with Crippen LogP contribution in [0.15, 0.2) is 60.7 Å². The number of fused-ring (bicyclic) bond motifs is 1. The van der Waals surface area contributed by atoms with Crippen LogP contribution in [0.25, 0.3) is 11.1 Å². The molecule has 1 saturated carbocycles. The van der Waals surface area contributed by atoms with Gasteiger partial charge in [-0.15, -0.1) is 0 Å². The number of aliphatic hydroxyl groups is 1. The Kier molecular flexibility index (Phi) is 6.89. The lowest BCUT2D eigenvalue weighted by Gasteiger charge is -2.21. The number of carbonyl (C=O) groups is 2. The number of carbonyl (C=O) groups excluding carboxylic acids is 2. The summed E-state index contributed by atoms with van der Waals surface area (Å²) in [4.78, 5) is 27.9. The maximum atomic E-state index is 13.4. The van der Waals surface area contributed by atoms with Crippen LogP contribution in [0.3, 0.4) is 0 Å². The fourth-order valence-electron chi connectivity index (χ4n) is 4.91. The van der Waals surface area contributed by atoms with Gasteiger partial charge >= 0.3 is 0 Å². The van der Waals surface area contributed by atoms with Crippen LogP contribution >= 0.6 is 0 Å². The second-order valence-corrected chi connectivity index (χ2v) is 9.73. The lowest BCUT2D eigenvalue weighted by molar-refractivity contribution is -0.118. The van der Waals surface area contributed by atoms with Crippen molar-refractivity contribution in [2.75, 3.05) is 31.8 Å². The summed E-state index contributed by atoms with van der Waals surface area (Å²) in [6, 6.07) is 19.1. The van der Waals surface area contributed by atoms with Gasteiger partial charge in [0.25, 0.3) is 5.91 Å². The van der Waals surface area contributed by atoms with Crippen molar-refractivity contribution in [2.45, 2.75) is 38.5 Å². The first-order valence-corrected chi connectivity index (χ1v) is 12.8. The second kappa shape index (κ2) is 10.3. The van der Waals surface area contributed by atoms with Gasteiger partial charge in [0.05, 0.1) is 12.0 Å². The minimum absolute atomic E-state index is 0. The van der Waals surface area contributed by atoms with Gasteiger partial charge in [0.2, 0.25) is 12.7 Å². The van der Waals surface area contributed by atoms with Crippen LogP contribution in [0.4, 0.5) is 5.69 Å². The third-order valence-corrected chi connectivity index (χ3v) is 7.20. The molecule has 3 aromatic carbocycles. The Labute approximate surface area is 218 Å². The van der Waals surface area contributed by atoms with Crippen molar-refractivity contribution in [2.24, 2.45) is 0 Å². The first-order valence-electron chi connectivity index (χ1n) is 12.8. The van der Waals surface area contributed by atoms with Crippen molar-refractivity contribution in [1.29, 1.82) is 0 Å². The van der Waals surface area contributed by atoms with E-state index in [1.54, 1.807) is 4.90 Å². The summed E-state index contributed by atoms with van der Waals surface area (Å²) in [7, 11) is 0. The van der Waals surface area contributed by atoms with E-state index < -0.39 is 5.41 Å². The molecule has 0 spiro atoms. The average Bonchev–Trinajstić information content (AvgIpc) is 3.60. The molecular weight excluding hydrogens is 468 g/mol. The Morgan fingerprint density at radius 3 is 2.46 bits per heavy atom. The fourth-order valence-corrected chi connectivity index (χ4v) is 4.91. The monoisotopic (exact) mass is 502 g/mol. The second-order valence-electron chi connectivity index (χ2n) is 9.73. The van der Waals surface area contributed by atoms with E-state index in [0.29, 0.717) is 30.2 Å². The number of hydrogen-bond donors (Lipinski definition) is 2. The summed E-state index contributed by atoms with van der Waals surface area (Å²) in [6.45, 7) is 5.11. The van der Waals surface area contributed by atoms with E-state index in [4.69, 9.17) is 9.47 Å². The highest BCUT2D eigenvalue weighted by Crippen LogP contribution is 2.51. The minimum Gasteiger partial charge on any atom is -0.454 e. The largest absolute Gasteiger partial charge is 0.454 e. The third-order valence-electron chi connectivity index (χ3n) is 7.20. The van der Waals surface area contributed by atoms with E-state index in [1.165, 1.54) is 0 Å². The van der Waals surface area contributed by atoms with Crippen LogP contribution in [0.2, 0.25) is 0 Å². The van der Waals surface area contributed by atoms with Gasteiger partial charge in [0, 0.05) is 25.8 Å². The smallest absolute Gasteiger partial charge is 0.253 e. The van der Waals surface area contributed by atoms with Gasteiger partial charge in [-0.25, -0.2) is 0 Å². The van der Waals surface area contributed by atoms with Gasteiger partial charge < -0.3 is 24.8 Å². The minimum atomic E-state index is -0.549. The Bertz CT molecular complexity index is 1310. The van der Waals surface area contributed by atoms with E-state index in [2.05, 4.69) is 5.32 Å². The van der Waals surface area contributed by atoms with Crippen molar-refractivity contribution in [3.8, 4) is 22.6 Å². The zero-order chi connectivity index (χ0) is 26.0. The molecule has 1 aliphatic heterocycles. The van der Waals surface area contributed by atoms with Crippen molar-refractivity contribution < 1.29 is 25.6 Å². The molecule has 0 radical (unpaired) electrons. The van der Waals surface area contributed by atoms with Crippen molar-refractivity contribution in [1.82, 2.24) is 4.90 Å². The molecule has 0 aromatic heterocycles. The maximum Gasteiger partial charge on any atom is 0.253 e. The number of anilines is 1. The quantitative estimate of drug-likeness (QED) is 0.422. The molecule has 37 heavy (non-hydrogen) atoms. The number of nitrogens with zero attached hydrogens (tertiary/aromatic N) is 1. The molecule has 1 heterocycles. The van der Waals surface area contributed by atoms with Crippen LogP contribution in [0.1, 0.15) is 49.1 Å². The van der Waals surface area contributed by atoms with Crippen molar-refractivity contribution >= 4 is 17.5 Å². The number of aryl methyl sites for hydroxylation is 1.